The van der Waals surface area contributed by atoms with Gasteiger partial charge in [-0.25, -0.2) is 4.98 Å². The summed E-state index contributed by atoms with van der Waals surface area (Å²) in [6.07, 6.45) is -0.749. The van der Waals surface area contributed by atoms with E-state index in [9.17, 15) is 9.90 Å². The van der Waals surface area contributed by atoms with E-state index in [4.69, 9.17) is 10.2 Å². The van der Waals surface area contributed by atoms with Crippen LogP contribution in [0.1, 0.15) is 35.8 Å². The van der Waals surface area contributed by atoms with Crippen LogP contribution in [0.5, 0.6) is 0 Å². The maximum Gasteiger partial charge on any atom is 0.262 e. The fourth-order valence-corrected chi connectivity index (χ4v) is 4.52. The third-order valence-electron chi connectivity index (χ3n) is 5.24. The highest BCUT2D eigenvalue weighted by molar-refractivity contribution is 7.99. The molecule has 31 heavy (non-hydrogen) atoms. The molecule has 0 bridgehead atoms. The predicted octanol–water partition coefficient (Wildman–Crippen LogP) is 4.70. The van der Waals surface area contributed by atoms with Crippen molar-refractivity contribution in [2.45, 2.75) is 24.2 Å². The Bertz CT molecular complexity index is 1290. The van der Waals surface area contributed by atoms with Gasteiger partial charge in [0.05, 0.1) is 34.7 Å². The zero-order valence-corrected chi connectivity index (χ0v) is 17.8. The number of para-hydroxylation sites is 1. The van der Waals surface area contributed by atoms with Crippen molar-refractivity contribution < 1.29 is 5.11 Å². The Kier molecular flexibility index (Phi) is 6.17. The molecule has 4 rings (SSSR count). The van der Waals surface area contributed by atoms with E-state index in [1.54, 1.807) is 34.9 Å². The lowest BCUT2D eigenvalue weighted by atomic mass is 10.1. The number of nitrogens with zero attached hydrogens (tertiary/aromatic N) is 3. The van der Waals surface area contributed by atoms with Crippen LogP contribution in [-0.2, 0) is 0 Å². The second-order valence-electron chi connectivity index (χ2n) is 7.23. The van der Waals surface area contributed by atoms with E-state index in [2.05, 4.69) is 6.07 Å². The number of benzene rings is 3. The highest BCUT2D eigenvalue weighted by Gasteiger charge is 2.19. The fraction of sp³-hybridized carbons (Fsp3) is 0.160. The summed E-state index contributed by atoms with van der Waals surface area (Å²) in [5.41, 5.74) is 2.82. The lowest BCUT2D eigenvalue weighted by Crippen LogP contribution is -2.27. The second kappa shape index (κ2) is 9.17. The topological polar surface area (TPSA) is 78.9 Å². The van der Waals surface area contributed by atoms with Crippen LogP contribution in [0, 0.1) is 11.3 Å². The van der Waals surface area contributed by atoms with Gasteiger partial charge in [0, 0.05) is 5.75 Å². The lowest BCUT2D eigenvalue weighted by molar-refractivity contribution is 0.204. The first-order chi connectivity index (χ1) is 15.1. The monoisotopic (exact) mass is 427 g/mol. The van der Waals surface area contributed by atoms with Crippen molar-refractivity contribution in [1.82, 2.24) is 9.55 Å². The van der Waals surface area contributed by atoms with Crippen LogP contribution < -0.4 is 5.56 Å². The van der Waals surface area contributed by atoms with Gasteiger partial charge in [0.15, 0.2) is 5.16 Å². The molecule has 0 saturated carbocycles. The third kappa shape index (κ3) is 4.38. The molecule has 1 N–H and O–H groups in total. The van der Waals surface area contributed by atoms with Crippen molar-refractivity contribution in [3.05, 3.63) is 106 Å². The molecule has 0 saturated heterocycles. The first-order valence-electron chi connectivity index (χ1n) is 9.95. The molecule has 1 heterocycles. The highest BCUT2D eigenvalue weighted by Crippen LogP contribution is 2.28. The number of hydrogen-bond donors (Lipinski definition) is 1. The van der Waals surface area contributed by atoms with E-state index in [1.807, 2.05) is 55.5 Å². The Morgan fingerprint density at radius 1 is 1.00 bits per heavy atom. The van der Waals surface area contributed by atoms with Gasteiger partial charge in [-0.2, -0.15) is 5.26 Å². The summed E-state index contributed by atoms with van der Waals surface area (Å²) in [7, 11) is 0. The van der Waals surface area contributed by atoms with E-state index in [1.165, 1.54) is 11.8 Å². The van der Waals surface area contributed by atoms with Gasteiger partial charge in [-0.3, -0.25) is 9.36 Å². The van der Waals surface area contributed by atoms with Crippen LogP contribution in [0.4, 0.5) is 0 Å². The van der Waals surface area contributed by atoms with Crippen molar-refractivity contribution in [3.63, 3.8) is 0 Å². The number of aliphatic hydroxyl groups is 1. The number of aliphatic hydroxyl groups excluding tert-OH is 1. The first-order valence-corrected chi connectivity index (χ1v) is 10.9. The molecule has 0 aliphatic carbocycles. The minimum absolute atomic E-state index is 0.0997. The smallest absolute Gasteiger partial charge is 0.262 e. The van der Waals surface area contributed by atoms with Crippen LogP contribution in [0.3, 0.4) is 0 Å². The van der Waals surface area contributed by atoms with Gasteiger partial charge in [-0.05, 0) is 42.3 Å². The Morgan fingerprint density at radius 3 is 2.39 bits per heavy atom. The quantitative estimate of drug-likeness (QED) is 0.356. The summed E-state index contributed by atoms with van der Waals surface area (Å²) in [6.45, 7) is 1.98. The van der Waals surface area contributed by atoms with Crippen molar-refractivity contribution in [2.75, 3.05) is 5.75 Å². The molecular formula is C25H21N3O2S. The zero-order valence-electron chi connectivity index (χ0n) is 17.0. The van der Waals surface area contributed by atoms with Gasteiger partial charge in [-0.15, -0.1) is 0 Å². The maximum absolute atomic E-state index is 13.4. The Morgan fingerprint density at radius 2 is 1.68 bits per heavy atom. The van der Waals surface area contributed by atoms with Crippen molar-refractivity contribution in [1.29, 1.82) is 5.26 Å². The van der Waals surface area contributed by atoms with Gasteiger partial charge >= 0.3 is 0 Å². The number of thioether (sulfide) groups is 1. The lowest BCUT2D eigenvalue weighted by Gasteiger charge is -2.20. The molecule has 0 aliphatic heterocycles. The molecule has 0 amide bonds. The molecule has 0 fully saturated rings. The maximum atomic E-state index is 13.4. The number of aromatic nitrogens is 2. The molecule has 2 atom stereocenters. The summed E-state index contributed by atoms with van der Waals surface area (Å²) in [5.74, 6) is 0.332. The molecule has 154 valence electrons. The van der Waals surface area contributed by atoms with Crippen molar-refractivity contribution in [3.8, 4) is 6.07 Å². The fourth-order valence-electron chi connectivity index (χ4n) is 3.48. The standard InChI is InChI=1S/C25H21N3O2S/c1-17(19-7-3-2-4-8-19)28-24(30)21-9-5-6-10-22(21)27-25(28)31-16-23(29)20-13-11-18(15-26)12-14-20/h2-14,17,23,29H,16H2,1H3. The number of rotatable bonds is 6. The predicted molar refractivity (Wildman–Crippen MR) is 123 cm³/mol. The average molecular weight is 428 g/mol. The molecule has 4 aromatic rings. The molecule has 6 heteroatoms. The summed E-state index contributed by atoms with van der Waals surface area (Å²) in [6, 6.07) is 25.9. The van der Waals surface area contributed by atoms with E-state index in [0.29, 0.717) is 27.4 Å². The minimum atomic E-state index is -0.749. The van der Waals surface area contributed by atoms with E-state index in [-0.39, 0.29) is 11.6 Å². The van der Waals surface area contributed by atoms with Crippen LogP contribution in [0.25, 0.3) is 10.9 Å². The van der Waals surface area contributed by atoms with Crippen molar-refractivity contribution >= 4 is 22.7 Å². The van der Waals surface area contributed by atoms with Gasteiger partial charge in [-0.1, -0.05) is 66.4 Å². The summed E-state index contributed by atoms with van der Waals surface area (Å²) in [5, 5.41) is 20.7. The molecule has 3 aromatic carbocycles. The van der Waals surface area contributed by atoms with Gasteiger partial charge < -0.3 is 5.11 Å². The van der Waals surface area contributed by atoms with E-state index < -0.39 is 6.10 Å². The van der Waals surface area contributed by atoms with Crippen LogP contribution in [-0.4, -0.2) is 20.4 Å². The van der Waals surface area contributed by atoms with Gasteiger partial charge in [0.2, 0.25) is 0 Å². The summed E-state index contributed by atoms with van der Waals surface area (Å²) < 4.78 is 1.70. The summed E-state index contributed by atoms with van der Waals surface area (Å²) in [4.78, 5) is 18.1. The third-order valence-corrected chi connectivity index (χ3v) is 6.27. The Balaban J connectivity index is 1.70. The Labute approximate surface area is 184 Å². The number of fused-ring (bicyclic) bond motifs is 1. The second-order valence-corrected chi connectivity index (χ2v) is 8.22. The Hall–Kier alpha value is -3.40. The van der Waals surface area contributed by atoms with Gasteiger partial charge in [0.25, 0.3) is 5.56 Å². The molecule has 0 aliphatic rings. The number of hydrogen-bond acceptors (Lipinski definition) is 5. The van der Waals surface area contributed by atoms with Gasteiger partial charge in [0.1, 0.15) is 0 Å². The summed E-state index contributed by atoms with van der Waals surface area (Å²) >= 11 is 1.35. The van der Waals surface area contributed by atoms with Crippen LogP contribution in [0.2, 0.25) is 0 Å². The van der Waals surface area contributed by atoms with E-state index in [0.717, 1.165) is 11.1 Å². The van der Waals surface area contributed by atoms with Crippen LogP contribution >= 0.6 is 11.8 Å². The molecular weight excluding hydrogens is 406 g/mol. The first kappa shape index (κ1) is 20.9. The SMILES string of the molecule is CC(c1ccccc1)n1c(SCC(O)c2ccc(C#N)cc2)nc2ccccc2c1=O. The zero-order chi connectivity index (χ0) is 21.8. The molecule has 0 radical (unpaired) electrons. The molecule has 5 nitrogen and oxygen atoms in total. The van der Waals surface area contributed by atoms with Crippen LogP contribution in [0.15, 0.2) is 88.8 Å². The van der Waals surface area contributed by atoms with Crippen molar-refractivity contribution in [2.24, 2.45) is 0 Å². The highest BCUT2D eigenvalue weighted by atomic mass is 32.2. The largest absolute Gasteiger partial charge is 0.388 e. The minimum Gasteiger partial charge on any atom is -0.388 e. The number of nitriles is 1. The molecule has 2 unspecified atom stereocenters. The molecule has 0 spiro atoms. The average Bonchev–Trinajstić information content (AvgIpc) is 2.83. The normalized spacial score (nSPS) is 12.9. The molecule has 1 aromatic heterocycles. The van der Waals surface area contributed by atoms with E-state index >= 15 is 0 Å².